The minimum atomic E-state index is -0.894. The summed E-state index contributed by atoms with van der Waals surface area (Å²) >= 11 is 0. The van der Waals surface area contributed by atoms with Crippen molar-refractivity contribution in [1.29, 1.82) is 0 Å². The molecule has 3 N–H and O–H groups in total. The third-order valence-electron chi connectivity index (χ3n) is 9.80. The van der Waals surface area contributed by atoms with E-state index in [4.69, 9.17) is 4.74 Å². The van der Waals surface area contributed by atoms with Crippen molar-refractivity contribution >= 4 is 5.97 Å². The fourth-order valence-corrected chi connectivity index (χ4v) is 8.14. The van der Waals surface area contributed by atoms with Gasteiger partial charge in [0.25, 0.3) is 0 Å². The van der Waals surface area contributed by atoms with Crippen LogP contribution in [0.25, 0.3) is 0 Å². The molecule has 0 aromatic heterocycles. The first kappa shape index (κ1) is 19.7. The summed E-state index contributed by atoms with van der Waals surface area (Å²) in [5.74, 6) is 0.756. The molecule has 27 heavy (non-hydrogen) atoms. The Morgan fingerprint density at radius 3 is 2.52 bits per heavy atom. The molecular formula is C22H36O5. The number of aliphatic hydroxyl groups excluding tert-OH is 2. The lowest BCUT2D eigenvalue weighted by Crippen LogP contribution is -2.63. The molecule has 0 aromatic rings. The molecule has 0 amide bonds. The van der Waals surface area contributed by atoms with Crippen LogP contribution in [0.4, 0.5) is 0 Å². The Hall–Kier alpha value is -0.650. The minimum absolute atomic E-state index is 0.0367. The highest BCUT2D eigenvalue weighted by molar-refractivity contribution is 5.65. The Bertz CT molecular complexity index is 622. The number of hydrogen-bond donors (Lipinski definition) is 3. The van der Waals surface area contributed by atoms with Gasteiger partial charge >= 0.3 is 5.97 Å². The van der Waals surface area contributed by atoms with E-state index in [9.17, 15) is 20.1 Å². The fraction of sp³-hybridized carbons (Fsp3) is 0.955. The molecule has 0 aromatic carbocycles. The average molecular weight is 381 g/mol. The van der Waals surface area contributed by atoms with E-state index >= 15 is 0 Å². The lowest BCUT2D eigenvalue weighted by atomic mass is 9.39. The smallest absolute Gasteiger partial charge is 0.302 e. The van der Waals surface area contributed by atoms with Crippen molar-refractivity contribution in [2.24, 2.45) is 34.0 Å². The summed E-state index contributed by atoms with van der Waals surface area (Å²) in [5, 5.41) is 32.2. The Kier molecular flexibility index (Phi) is 4.49. The van der Waals surface area contributed by atoms with Gasteiger partial charge in [-0.25, -0.2) is 0 Å². The first-order chi connectivity index (χ1) is 12.6. The van der Waals surface area contributed by atoms with Gasteiger partial charge in [-0.3, -0.25) is 4.79 Å². The molecule has 4 rings (SSSR count). The van der Waals surface area contributed by atoms with Crippen LogP contribution in [0.5, 0.6) is 0 Å². The number of rotatable bonds is 3. The van der Waals surface area contributed by atoms with Crippen molar-refractivity contribution < 1.29 is 24.9 Å². The van der Waals surface area contributed by atoms with E-state index in [-0.39, 0.29) is 35.9 Å². The highest BCUT2D eigenvalue weighted by atomic mass is 16.5. The largest absolute Gasteiger partial charge is 0.463 e. The summed E-state index contributed by atoms with van der Waals surface area (Å²) in [6.07, 6.45) is 7.11. The van der Waals surface area contributed by atoms with Gasteiger partial charge in [0.15, 0.2) is 0 Å². The fourth-order valence-electron chi connectivity index (χ4n) is 8.14. The molecule has 0 heterocycles. The van der Waals surface area contributed by atoms with E-state index in [0.717, 1.165) is 44.9 Å². The van der Waals surface area contributed by atoms with Gasteiger partial charge < -0.3 is 20.1 Å². The second-order valence-corrected chi connectivity index (χ2v) is 10.6. The van der Waals surface area contributed by atoms with Crippen molar-refractivity contribution in [3.63, 3.8) is 0 Å². The van der Waals surface area contributed by atoms with Gasteiger partial charge in [0.2, 0.25) is 0 Å². The molecule has 5 nitrogen and oxygen atoms in total. The molecule has 8 atom stereocenters. The van der Waals surface area contributed by atoms with Crippen molar-refractivity contribution in [1.82, 2.24) is 0 Å². The second kappa shape index (κ2) is 6.17. The van der Waals surface area contributed by atoms with Crippen molar-refractivity contribution in [3.8, 4) is 0 Å². The van der Waals surface area contributed by atoms with E-state index in [1.165, 1.54) is 6.92 Å². The standard InChI is InChI=1S/C22H36O5/c1-14(24)27-13-22(26)9-8-21-11-16(22)10-15(21)4-5-17-19(2,12-23)18(25)6-7-20(17,21)3/h15-18,23,25-26H,4-13H2,1-3H3/t15-,16+,17-,18+,19-,20-,21?,22+/m0/s1. The van der Waals surface area contributed by atoms with Crippen LogP contribution >= 0.6 is 0 Å². The lowest BCUT2D eigenvalue weighted by Gasteiger charge is -2.66. The average Bonchev–Trinajstić information content (AvgIpc) is 2.98. The minimum Gasteiger partial charge on any atom is -0.463 e. The Balaban J connectivity index is 1.65. The van der Waals surface area contributed by atoms with E-state index in [1.807, 2.05) is 0 Å². The molecule has 0 aliphatic heterocycles. The summed E-state index contributed by atoms with van der Waals surface area (Å²) in [7, 11) is 0. The molecule has 4 fully saturated rings. The highest BCUT2D eigenvalue weighted by Gasteiger charge is 2.70. The normalized spacial score (nSPS) is 54.1. The quantitative estimate of drug-likeness (QED) is 0.655. The van der Waals surface area contributed by atoms with Crippen LogP contribution in [-0.4, -0.2) is 46.2 Å². The summed E-state index contributed by atoms with van der Waals surface area (Å²) < 4.78 is 5.23. The molecule has 4 aliphatic rings. The molecule has 0 saturated heterocycles. The maximum absolute atomic E-state index is 11.3. The highest BCUT2D eigenvalue weighted by Crippen LogP contribution is 2.75. The molecule has 154 valence electrons. The second-order valence-electron chi connectivity index (χ2n) is 10.6. The molecular weight excluding hydrogens is 344 g/mol. The molecule has 1 unspecified atom stereocenters. The van der Waals surface area contributed by atoms with Gasteiger partial charge in [-0.15, -0.1) is 0 Å². The molecule has 4 saturated carbocycles. The summed E-state index contributed by atoms with van der Waals surface area (Å²) in [6.45, 7) is 6.03. The number of aliphatic hydroxyl groups is 3. The maximum Gasteiger partial charge on any atom is 0.302 e. The van der Waals surface area contributed by atoms with Gasteiger partial charge in [-0.05, 0) is 80.0 Å². The first-order valence-corrected chi connectivity index (χ1v) is 10.8. The number of hydrogen-bond acceptors (Lipinski definition) is 5. The van der Waals surface area contributed by atoms with Crippen LogP contribution < -0.4 is 0 Å². The predicted molar refractivity (Wildman–Crippen MR) is 101 cm³/mol. The Labute approximate surface area is 162 Å². The molecule has 1 spiro atoms. The predicted octanol–water partition coefficient (Wildman–Crippen LogP) is 2.66. The molecule has 0 radical (unpaired) electrons. The molecule has 2 bridgehead atoms. The third-order valence-corrected chi connectivity index (χ3v) is 9.80. The SMILES string of the molecule is CC(=O)OC[C@]1(O)CCC23C[C@H]1C[C@@H]2CC[C@H]1[C@](C)(CO)[C@H](O)CC[C@@]13C. The number of ether oxygens (including phenoxy) is 1. The summed E-state index contributed by atoms with van der Waals surface area (Å²) in [5.41, 5.74) is -1.06. The topological polar surface area (TPSA) is 87.0 Å². The zero-order valence-corrected chi connectivity index (χ0v) is 17.0. The monoisotopic (exact) mass is 380 g/mol. The van der Waals surface area contributed by atoms with Gasteiger partial charge in [0.05, 0.1) is 12.7 Å². The molecule has 5 heteroatoms. The third kappa shape index (κ3) is 2.50. The molecule has 4 aliphatic carbocycles. The van der Waals surface area contributed by atoms with E-state index in [2.05, 4.69) is 13.8 Å². The van der Waals surface area contributed by atoms with E-state index < -0.39 is 17.1 Å². The number of fused-ring (bicyclic) bond motifs is 2. The van der Waals surface area contributed by atoms with Crippen LogP contribution in [0.1, 0.15) is 72.1 Å². The van der Waals surface area contributed by atoms with Crippen LogP contribution in [0.2, 0.25) is 0 Å². The van der Waals surface area contributed by atoms with Gasteiger partial charge in [-0.2, -0.15) is 0 Å². The van der Waals surface area contributed by atoms with Crippen molar-refractivity contribution in [3.05, 3.63) is 0 Å². The van der Waals surface area contributed by atoms with Crippen LogP contribution in [0, 0.1) is 34.0 Å². The first-order valence-electron chi connectivity index (χ1n) is 10.8. The zero-order chi connectivity index (χ0) is 19.7. The van der Waals surface area contributed by atoms with Gasteiger partial charge in [0.1, 0.15) is 12.2 Å². The van der Waals surface area contributed by atoms with E-state index in [1.54, 1.807) is 0 Å². The van der Waals surface area contributed by atoms with E-state index in [0.29, 0.717) is 18.3 Å². The van der Waals surface area contributed by atoms with Crippen LogP contribution in [0.3, 0.4) is 0 Å². The maximum atomic E-state index is 11.3. The summed E-state index contributed by atoms with van der Waals surface area (Å²) in [4.78, 5) is 11.3. The summed E-state index contributed by atoms with van der Waals surface area (Å²) in [6, 6.07) is 0. The van der Waals surface area contributed by atoms with Gasteiger partial charge in [0, 0.05) is 12.3 Å². The van der Waals surface area contributed by atoms with Crippen LogP contribution in [0.15, 0.2) is 0 Å². The van der Waals surface area contributed by atoms with Crippen molar-refractivity contribution in [2.75, 3.05) is 13.2 Å². The van der Waals surface area contributed by atoms with Crippen molar-refractivity contribution in [2.45, 2.75) is 83.8 Å². The Morgan fingerprint density at radius 2 is 1.85 bits per heavy atom. The number of esters is 1. The Morgan fingerprint density at radius 1 is 1.11 bits per heavy atom. The van der Waals surface area contributed by atoms with Gasteiger partial charge in [-0.1, -0.05) is 13.8 Å². The number of carbonyl (C=O) groups excluding carboxylic acids is 1. The zero-order valence-electron chi connectivity index (χ0n) is 17.0. The van der Waals surface area contributed by atoms with Crippen LogP contribution in [-0.2, 0) is 9.53 Å². The lowest BCUT2D eigenvalue weighted by molar-refractivity contribution is -0.217. The number of carbonyl (C=O) groups is 1.